The lowest BCUT2D eigenvalue weighted by Gasteiger charge is -1.95. The van der Waals surface area contributed by atoms with Crippen molar-refractivity contribution in [2.24, 2.45) is 0 Å². The van der Waals surface area contributed by atoms with E-state index in [0.29, 0.717) is 0 Å². The molecule has 0 fully saturated rings. The molecule has 0 atom stereocenters. The second kappa shape index (κ2) is 2.88. The summed E-state index contributed by atoms with van der Waals surface area (Å²) in [6.45, 7) is 0. The number of H-pyrrole nitrogens is 1. The van der Waals surface area contributed by atoms with Gasteiger partial charge in [0.2, 0.25) is 0 Å². The molecule has 5 heteroatoms. The fourth-order valence-electron chi connectivity index (χ4n) is 1.36. The van der Waals surface area contributed by atoms with E-state index < -0.39 is 0 Å². The molecule has 0 aliphatic carbocycles. The standard InChI is InChI=1S/C9H6N4S/c1-2-6(14-3-1)7-8-9(12-4-10-7)13-5-11-8/h1-5H,(H,10,11,12,13). The zero-order chi connectivity index (χ0) is 9.38. The van der Waals surface area contributed by atoms with Crippen LogP contribution in [-0.2, 0) is 0 Å². The quantitative estimate of drug-likeness (QED) is 0.657. The number of hydrogen-bond donors (Lipinski definition) is 1. The Kier molecular flexibility index (Phi) is 1.57. The van der Waals surface area contributed by atoms with Crippen molar-refractivity contribution in [3.05, 3.63) is 30.2 Å². The first-order valence-corrected chi connectivity index (χ1v) is 5.01. The van der Waals surface area contributed by atoms with Crippen LogP contribution in [0.2, 0.25) is 0 Å². The molecular formula is C9H6N4S. The summed E-state index contributed by atoms with van der Waals surface area (Å²) in [6, 6.07) is 4.03. The summed E-state index contributed by atoms with van der Waals surface area (Å²) in [5.41, 5.74) is 2.50. The first-order valence-electron chi connectivity index (χ1n) is 4.13. The highest BCUT2D eigenvalue weighted by Gasteiger charge is 2.08. The third-order valence-electron chi connectivity index (χ3n) is 1.97. The molecule has 0 aromatic carbocycles. The summed E-state index contributed by atoms with van der Waals surface area (Å²) in [5, 5.41) is 2.02. The predicted molar refractivity (Wildman–Crippen MR) is 55.0 cm³/mol. The second-order valence-corrected chi connectivity index (χ2v) is 3.75. The van der Waals surface area contributed by atoms with Crippen LogP contribution < -0.4 is 0 Å². The monoisotopic (exact) mass is 202 g/mol. The van der Waals surface area contributed by atoms with Crippen LogP contribution in [0.1, 0.15) is 0 Å². The van der Waals surface area contributed by atoms with Crippen LogP contribution in [-0.4, -0.2) is 19.9 Å². The lowest BCUT2D eigenvalue weighted by atomic mass is 10.3. The molecule has 14 heavy (non-hydrogen) atoms. The number of nitrogens with one attached hydrogen (secondary N) is 1. The molecule has 3 aromatic heterocycles. The Hall–Kier alpha value is -1.75. The summed E-state index contributed by atoms with van der Waals surface area (Å²) < 4.78 is 0. The van der Waals surface area contributed by atoms with E-state index in [1.165, 1.54) is 0 Å². The molecule has 3 rings (SSSR count). The minimum absolute atomic E-state index is 0.781. The first-order chi connectivity index (χ1) is 6.95. The Morgan fingerprint density at radius 1 is 1.21 bits per heavy atom. The summed E-state index contributed by atoms with van der Waals surface area (Å²) in [7, 11) is 0. The van der Waals surface area contributed by atoms with Crippen molar-refractivity contribution in [1.29, 1.82) is 0 Å². The predicted octanol–water partition coefficient (Wildman–Crippen LogP) is 2.08. The van der Waals surface area contributed by atoms with Gasteiger partial charge in [0.25, 0.3) is 0 Å². The minimum atomic E-state index is 0.781. The van der Waals surface area contributed by atoms with E-state index in [1.807, 2.05) is 17.5 Å². The van der Waals surface area contributed by atoms with Gasteiger partial charge in [0.1, 0.15) is 17.5 Å². The van der Waals surface area contributed by atoms with Gasteiger partial charge in [-0.25, -0.2) is 15.0 Å². The third kappa shape index (κ3) is 1.03. The maximum absolute atomic E-state index is 4.24. The topological polar surface area (TPSA) is 54.5 Å². The van der Waals surface area contributed by atoms with Gasteiger partial charge in [-0.05, 0) is 11.4 Å². The summed E-state index contributed by atoms with van der Waals surface area (Å²) in [6.07, 6.45) is 3.19. The Balaban J connectivity index is 2.36. The van der Waals surface area contributed by atoms with E-state index in [4.69, 9.17) is 0 Å². The van der Waals surface area contributed by atoms with Crippen molar-refractivity contribution >= 4 is 22.5 Å². The third-order valence-corrected chi connectivity index (χ3v) is 2.85. The molecule has 0 aliphatic rings. The maximum atomic E-state index is 4.24. The van der Waals surface area contributed by atoms with E-state index in [0.717, 1.165) is 21.7 Å². The molecule has 0 radical (unpaired) electrons. The largest absolute Gasteiger partial charge is 0.329 e. The van der Waals surface area contributed by atoms with Crippen LogP contribution in [0, 0.1) is 0 Å². The molecule has 68 valence electrons. The zero-order valence-electron chi connectivity index (χ0n) is 7.14. The van der Waals surface area contributed by atoms with Crippen molar-refractivity contribution in [3.8, 4) is 10.6 Å². The Morgan fingerprint density at radius 3 is 3.07 bits per heavy atom. The van der Waals surface area contributed by atoms with Crippen molar-refractivity contribution in [3.63, 3.8) is 0 Å². The summed E-state index contributed by atoms with van der Waals surface area (Å²) >= 11 is 1.65. The van der Waals surface area contributed by atoms with E-state index in [1.54, 1.807) is 24.0 Å². The van der Waals surface area contributed by atoms with Gasteiger partial charge in [-0.3, -0.25) is 0 Å². The molecule has 0 spiro atoms. The van der Waals surface area contributed by atoms with Crippen LogP contribution >= 0.6 is 11.3 Å². The number of imidazole rings is 1. The average Bonchev–Trinajstić information content (AvgIpc) is 2.88. The highest BCUT2D eigenvalue weighted by Crippen LogP contribution is 2.26. The number of thiophene rings is 1. The highest BCUT2D eigenvalue weighted by atomic mass is 32.1. The Morgan fingerprint density at radius 2 is 2.21 bits per heavy atom. The van der Waals surface area contributed by atoms with E-state index >= 15 is 0 Å². The van der Waals surface area contributed by atoms with Crippen molar-refractivity contribution < 1.29 is 0 Å². The molecule has 1 N–H and O–H groups in total. The van der Waals surface area contributed by atoms with E-state index in [9.17, 15) is 0 Å². The number of hydrogen-bond acceptors (Lipinski definition) is 4. The lowest BCUT2D eigenvalue weighted by molar-refractivity contribution is 1.21. The van der Waals surface area contributed by atoms with Gasteiger partial charge >= 0.3 is 0 Å². The zero-order valence-corrected chi connectivity index (χ0v) is 7.95. The van der Waals surface area contributed by atoms with E-state index in [-0.39, 0.29) is 0 Å². The lowest BCUT2D eigenvalue weighted by Crippen LogP contribution is -1.85. The highest BCUT2D eigenvalue weighted by molar-refractivity contribution is 7.13. The van der Waals surface area contributed by atoms with Crippen LogP contribution in [0.4, 0.5) is 0 Å². The SMILES string of the molecule is c1csc(-c2ncnc3[nH]cnc23)c1. The summed E-state index contributed by atoms with van der Waals surface area (Å²) in [5.74, 6) is 0. The maximum Gasteiger partial charge on any atom is 0.161 e. The number of rotatable bonds is 1. The first kappa shape index (κ1) is 7.64. The smallest absolute Gasteiger partial charge is 0.161 e. The number of nitrogens with zero attached hydrogens (tertiary/aromatic N) is 3. The fourth-order valence-corrected chi connectivity index (χ4v) is 2.08. The average molecular weight is 202 g/mol. The van der Waals surface area contributed by atoms with Crippen LogP contribution in [0.3, 0.4) is 0 Å². The van der Waals surface area contributed by atoms with Gasteiger partial charge < -0.3 is 4.98 Å². The molecule has 0 aliphatic heterocycles. The van der Waals surface area contributed by atoms with Gasteiger partial charge in [-0.1, -0.05) is 6.07 Å². The van der Waals surface area contributed by atoms with Crippen molar-refractivity contribution in [2.75, 3.05) is 0 Å². The van der Waals surface area contributed by atoms with Gasteiger partial charge in [-0.15, -0.1) is 11.3 Å². The normalized spacial score (nSPS) is 10.9. The van der Waals surface area contributed by atoms with Crippen LogP contribution in [0.15, 0.2) is 30.2 Å². The molecule has 0 bridgehead atoms. The minimum Gasteiger partial charge on any atom is -0.329 e. The summed E-state index contributed by atoms with van der Waals surface area (Å²) in [4.78, 5) is 16.6. The molecular weight excluding hydrogens is 196 g/mol. The molecule has 0 amide bonds. The molecule has 3 heterocycles. The molecule has 3 aromatic rings. The van der Waals surface area contributed by atoms with Crippen LogP contribution in [0.25, 0.3) is 21.7 Å². The van der Waals surface area contributed by atoms with Crippen molar-refractivity contribution in [1.82, 2.24) is 19.9 Å². The van der Waals surface area contributed by atoms with Gasteiger partial charge in [0, 0.05) is 0 Å². The molecule has 0 unspecified atom stereocenters. The number of fused-ring (bicyclic) bond motifs is 1. The van der Waals surface area contributed by atoms with Gasteiger partial charge in [0.05, 0.1) is 11.2 Å². The van der Waals surface area contributed by atoms with Gasteiger partial charge in [-0.2, -0.15) is 0 Å². The van der Waals surface area contributed by atoms with Gasteiger partial charge in [0.15, 0.2) is 5.65 Å². The number of aromatic nitrogens is 4. The van der Waals surface area contributed by atoms with E-state index in [2.05, 4.69) is 19.9 Å². The molecule has 0 saturated heterocycles. The Labute approximate surface area is 83.7 Å². The fraction of sp³-hybridized carbons (Fsp3) is 0. The molecule has 0 saturated carbocycles. The van der Waals surface area contributed by atoms with Crippen molar-refractivity contribution in [2.45, 2.75) is 0 Å². The number of aromatic amines is 1. The second-order valence-electron chi connectivity index (χ2n) is 2.80. The molecule has 4 nitrogen and oxygen atoms in total. The van der Waals surface area contributed by atoms with Crippen LogP contribution in [0.5, 0.6) is 0 Å². The Bertz CT molecular complexity index is 555.